The standard InChI is InChI=1S/C15H9BrFNOS/c16-9-5-6-13(12(17)7-9)18-15(19)11-8-20-14-4-2-1-3-10(11)14/h1-8H,(H,18,19). The van der Waals surface area contributed by atoms with Gasteiger partial charge in [-0.25, -0.2) is 4.39 Å². The first kappa shape index (κ1) is 13.3. The molecular weight excluding hydrogens is 341 g/mol. The van der Waals surface area contributed by atoms with Crippen LogP contribution in [0.2, 0.25) is 0 Å². The topological polar surface area (TPSA) is 29.1 Å². The fourth-order valence-electron chi connectivity index (χ4n) is 1.93. The predicted molar refractivity (Wildman–Crippen MR) is 83.9 cm³/mol. The van der Waals surface area contributed by atoms with Gasteiger partial charge in [-0.15, -0.1) is 11.3 Å². The van der Waals surface area contributed by atoms with Crippen molar-refractivity contribution >= 4 is 48.9 Å². The number of thiophene rings is 1. The third kappa shape index (κ3) is 2.46. The summed E-state index contributed by atoms with van der Waals surface area (Å²) in [6.45, 7) is 0. The summed E-state index contributed by atoms with van der Waals surface area (Å²) in [5.74, 6) is -0.768. The van der Waals surface area contributed by atoms with Crippen LogP contribution < -0.4 is 5.32 Å². The maximum atomic E-state index is 13.7. The van der Waals surface area contributed by atoms with E-state index in [1.165, 1.54) is 23.5 Å². The van der Waals surface area contributed by atoms with Crippen LogP contribution in [0.15, 0.2) is 52.3 Å². The van der Waals surface area contributed by atoms with Crippen molar-refractivity contribution in [2.45, 2.75) is 0 Å². The average molecular weight is 350 g/mol. The lowest BCUT2D eigenvalue weighted by atomic mass is 10.1. The van der Waals surface area contributed by atoms with Crippen LogP contribution in [0, 0.1) is 5.82 Å². The zero-order chi connectivity index (χ0) is 14.1. The summed E-state index contributed by atoms with van der Waals surface area (Å²) in [5.41, 5.74) is 0.737. The minimum atomic E-state index is -0.465. The first-order valence-corrected chi connectivity index (χ1v) is 7.55. The Morgan fingerprint density at radius 3 is 2.80 bits per heavy atom. The molecule has 0 fully saturated rings. The van der Waals surface area contributed by atoms with E-state index in [9.17, 15) is 9.18 Å². The molecule has 1 amide bonds. The molecule has 0 aliphatic rings. The molecule has 0 saturated carbocycles. The van der Waals surface area contributed by atoms with Gasteiger partial charge in [0.15, 0.2) is 0 Å². The molecule has 3 rings (SSSR count). The molecule has 0 spiro atoms. The first-order chi connectivity index (χ1) is 9.65. The Morgan fingerprint density at radius 1 is 1.20 bits per heavy atom. The van der Waals surface area contributed by atoms with E-state index in [-0.39, 0.29) is 11.6 Å². The van der Waals surface area contributed by atoms with E-state index in [1.54, 1.807) is 11.4 Å². The molecule has 1 N–H and O–H groups in total. The van der Waals surface area contributed by atoms with Gasteiger partial charge in [0.2, 0.25) is 0 Å². The summed E-state index contributed by atoms with van der Waals surface area (Å²) in [7, 11) is 0. The molecule has 0 unspecified atom stereocenters. The molecule has 2 nitrogen and oxygen atoms in total. The molecule has 1 aromatic heterocycles. The molecule has 0 saturated heterocycles. The SMILES string of the molecule is O=C(Nc1ccc(Br)cc1F)c1csc2ccccc12. The molecule has 0 aliphatic heterocycles. The Balaban J connectivity index is 1.93. The largest absolute Gasteiger partial charge is 0.319 e. The Bertz CT molecular complexity index is 799. The molecule has 2 aromatic carbocycles. The maximum Gasteiger partial charge on any atom is 0.257 e. The predicted octanol–water partition coefficient (Wildman–Crippen LogP) is 5.06. The van der Waals surface area contributed by atoms with E-state index in [4.69, 9.17) is 0 Å². The van der Waals surface area contributed by atoms with Crippen LogP contribution in [-0.2, 0) is 0 Å². The molecule has 0 aliphatic carbocycles. The minimum Gasteiger partial charge on any atom is -0.319 e. The molecular formula is C15H9BrFNOS. The van der Waals surface area contributed by atoms with Gasteiger partial charge >= 0.3 is 0 Å². The number of amides is 1. The summed E-state index contributed by atoms with van der Waals surface area (Å²) in [5, 5.41) is 5.27. The van der Waals surface area contributed by atoms with Crippen LogP contribution in [0.5, 0.6) is 0 Å². The second-order valence-corrected chi connectivity index (χ2v) is 6.05. The summed E-state index contributed by atoms with van der Waals surface area (Å²) in [6.07, 6.45) is 0. The van der Waals surface area contributed by atoms with Gasteiger partial charge in [-0.2, -0.15) is 0 Å². The monoisotopic (exact) mass is 349 g/mol. The number of carbonyl (C=O) groups is 1. The van der Waals surface area contributed by atoms with Crippen LogP contribution in [0.25, 0.3) is 10.1 Å². The third-order valence-electron chi connectivity index (χ3n) is 2.90. The number of fused-ring (bicyclic) bond motifs is 1. The van der Waals surface area contributed by atoms with Crippen LogP contribution in [0.3, 0.4) is 0 Å². The van der Waals surface area contributed by atoms with E-state index in [2.05, 4.69) is 21.2 Å². The molecule has 20 heavy (non-hydrogen) atoms. The quantitative estimate of drug-likeness (QED) is 0.688. The normalized spacial score (nSPS) is 10.7. The van der Waals surface area contributed by atoms with E-state index >= 15 is 0 Å². The fourth-order valence-corrected chi connectivity index (χ4v) is 3.21. The van der Waals surface area contributed by atoms with Crippen molar-refractivity contribution in [1.82, 2.24) is 0 Å². The average Bonchev–Trinajstić information content (AvgIpc) is 2.86. The van der Waals surface area contributed by atoms with Crippen LogP contribution in [-0.4, -0.2) is 5.91 Å². The Labute approximate surface area is 127 Å². The number of halogens is 2. The highest BCUT2D eigenvalue weighted by molar-refractivity contribution is 9.10. The van der Waals surface area contributed by atoms with Gasteiger partial charge in [-0.05, 0) is 24.3 Å². The van der Waals surface area contributed by atoms with Gasteiger partial charge in [0.25, 0.3) is 5.91 Å². The first-order valence-electron chi connectivity index (χ1n) is 5.88. The molecule has 0 atom stereocenters. The van der Waals surface area contributed by atoms with Crippen LogP contribution in [0.4, 0.5) is 10.1 Å². The van der Waals surface area contributed by atoms with Crippen molar-refractivity contribution in [3.8, 4) is 0 Å². The van der Waals surface area contributed by atoms with Gasteiger partial charge in [0.1, 0.15) is 5.82 Å². The van der Waals surface area contributed by atoms with E-state index in [0.29, 0.717) is 10.0 Å². The third-order valence-corrected chi connectivity index (χ3v) is 4.36. The zero-order valence-corrected chi connectivity index (χ0v) is 12.6. The number of hydrogen-bond donors (Lipinski definition) is 1. The zero-order valence-electron chi connectivity index (χ0n) is 10.2. The number of benzene rings is 2. The van der Waals surface area contributed by atoms with Gasteiger partial charge in [-0.1, -0.05) is 34.1 Å². The van der Waals surface area contributed by atoms with Crippen molar-refractivity contribution in [3.05, 3.63) is 63.7 Å². The molecule has 5 heteroatoms. The smallest absolute Gasteiger partial charge is 0.257 e. The maximum absolute atomic E-state index is 13.7. The summed E-state index contributed by atoms with van der Waals surface area (Å²) in [6, 6.07) is 12.2. The van der Waals surface area contributed by atoms with Crippen molar-refractivity contribution < 1.29 is 9.18 Å². The van der Waals surface area contributed by atoms with Crippen LogP contribution in [0.1, 0.15) is 10.4 Å². The van der Waals surface area contributed by atoms with Gasteiger partial charge in [-0.3, -0.25) is 4.79 Å². The van der Waals surface area contributed by atoms with Gasteiger partial charge in [0.05, 0.1) is 11.3 Å². The number of anilines is 1. The Kier molecular flexibility index (Phi) is 3.54. The molecule has 3 aromatic rings. The van der Waals surface area contributed by atoms with Crippen molar-refractivity contribution in [3.63, 3.8) is 0 Å². The number of carbonyl (C=O) groups excluding carboxylic acids is 1. The lowest BCUT2D eigenvalue weighted by Crippen LogP contribution is -2.12. The molecule has 0 bridgehead atoms. The second-order valence-electron chi connectivity index (χ2n) is 4.22. The Morgan fingerprint density at radius 2 is 2.00 bits per heavy atom. The fraction of sp³-hybridized carbons (Fsp3) is 0. The van der Waals surface area contributed by atoms with Gasteiger partial charge in [0, 0.05) is 19.9 Å². The molecule has 1 heterocycles. The van der Waals surface area contributed by atoms with E-state index in [1.807, 2.05) is 24.3 Å². The summed E-state index contributed by atoms with van der Waals surface area (Å²) >= 11 is 4.68. The summed E-state index contributed by atoms with van der Waals surface area (Å²) in [4.78, 5) is 12.2. The lowest BCUT2D eigenvalue weighted by Gasteiger charge is -2.06. The van der Waals surface area contributed by atoms with Crippen molar-refractivity contribution in [2.75, 3.05) is 5.32 Å². The van der Waals surface area contributed by atoms with Gasteiger partial charge < -0.3 is 5.32 Å². The minimum absolute atomic E-state index is 0.175. The molecule has 0 radical (unpaired) electrons. The van der Waals surface area contributed by atoms with E-state index in [0.717, 1.165) is 10.1 Å². The molecule has 100 valence electrons. The number of nitrogens with one attached hydrogen (secondary N) is 1. The Hall–Kier alpha value is -1.72. The number of hydrogen-bond acceptors (Lipinski definition) is 2. The summed E-state index contributed by atoms with van der Waals surface area (Å²) < 4.78 is 15.4. The highest BCUT2D eigenvalue weighted by Gasteiger charge is 2.13. The highest BCUT2D eigenvalue weighted by atomic mass is 79.9. The lowest BCUT2D eigenvalue weighted by molar-refractivity contribution is 0.102. The van der Waals surface area contributed by atoms with Crippen LogP contribution >= 0.6 is 27.3 Å². The number of rotatable bonds is 2. The van der Waals surface area contributed by atoms with E-state index < -0.39 is 5.82 Å². The highest BCUT2D eigenvalue weighted by Crippen LogP contribution is 2.27. The van der Waals surface area contributed by atoms with Crippen molar-refractivity contribution in [2.24, 2.45) is 0 Å². The van der Waals surface area contributed by atoms with Crippen molar-refractivity contribution in [1.29, 1.82) is 0 Å². The second kappa shape index (κ2) is 5.34.